The standard InChI is InChI=1S/C16H23N3S/c20-16-17-12-19(15-8-4-5-9-15)13-18(16)11-10-14-6-2-1-3-7-14/h1-3,6-7,15H,4-5,8-13H2,(H,17,20). The molecule has 4 heteroatoms. The van der Waals surface area contributed by atoms with Crippen LogP contribution in [0.2, 0.25) is 0 Å². The number of nitrogens with one attached hydrogen (secondary N) is 1. The van der Waals surface area contributed by atoms with Gasteiger partial charge >= 0.3 is 0 Å². The minimum absolute atomic E-state index is 0.754. The summed E-state index contributed by atoms with van der Waals surface area (Å²) in [4.78, 5) is 4.86. The normalized spacial score (nSPS) is 21.2. The Bertz CT molecular complexity index is 442. The third-order valence-corrected chi connectivity index (χ3v) is 4.83. The van der Waals surface area contributed by atoms with Gasteiger partial charge in [-0.15, -0.1) is 0 Å². The Morgan fingerprint density at radius 2 is 1.90 bits per heavy atom. The van der Waals surface area contributed by atoms with Crippen LogP contribution in [-0.4, -0.2) is 40.8 Å². The van der Waals surface area contributed by atoms with Gasteiger partial charge in [-0.05, 0) is 37.0 Å². The maximum absolute atomic E-state index is 5.46. The van der Waals surface area contributed by atoms with Crippen LogP contribution in [0.15, 0.2) is 30.3 Å². The lowest BCUT2D eigenvalue weighted by atomic mass is 10.1. The average Bonchev–Trinajstić information content (AvgIpc) is 3.02. The summed E-state index contributed by atoms with van der Waals surface area (Å²) >= 11 is 5.46. The SMILES string of the molecule is S=C1NCN(C2CCCC2)CN1CCc1ccccc1. The highest BCUT2D eigenvalue weighted by atomic mass is 32.1. The van der Waals surface area contributed by atoms with Gasteiger partial charge in [-0.2, -0.15) is 0 Å². The van der Waals surface area contributed by atoms with Crippen LogP contribution in [0.25, 0.3) is 0 Å². The van der Waals surface area contributed by atoms with Gasteiger partial charge < -0.3 is 10.2 Å². The van der Waals surface area contributed by atoms with Gasteiger partial charge in [0, 0.05) is 12.6 Å². The second-order valence-corrected chi connectivity index (χ2v) is 6.19. The molecule has 20 heavy (non-hydrogen) atoms. The molecule has 3 nitrogen and oxygen atoms in total. The number of benzene rings is 1. The van der Waals surface area contributed by atoms with E-state index in [1.165, 1.54) is 31.2 Å². The van der Waals surface area contributed by atoms with E-state index in [0.717, 1.165) is 37.5 Å². The van der Waals surface area contributed by atoms with Crippen molar-refractivity contribution in [3.05, 3.63) is 35.9 Å². The molecule has 1 saturated carbocycles. The van der Waals surface area contributed by atoms with Crippen LogP contribution in [-0.2, 0) is 6.42 Å². The van der Waals surface area contributed by atoms with Gasteiger partial charge in [-0.3, -0.25) is 4.90 Å². The zero-order valence-electron chi connectivity index (χ0n) is 11.9. The van der Waals surface area contributed by atoms with E-state index >= 15 is 0 Å². The molecule has 1 aliphatic heterocycles. The molecule has 1 heterocycles. The van der Waals surface area contributed by atoms with Crippen molar-refractivity contribution in [1.82, 2.24) is 15.1 Å². The fourth-order valence-corrected chi connectivity index (χ4v) is 3.42. The predicted octanol–water partition coefficient (Wildman–Crippen LogP) is 2.58. The Hall–Kier alpha value is -1.13. The fraction of sp³-hybridized carbons (Fsp3) is 0.562. The first-order valence-corrected chi connectivity index (χ1v) is 8.04. The molecule has 2 fully saturated rings. The first-order chi connectivity index (χ1) is 9.83. The van der Waals surface area contributed by atoms with Crippen LogP contribution in [0.1, 0.15) is 31.2 Å². The van der Waals surface area contributed by atoms with Crippen LogP contribution in [0, 0.1) is 0 Å². The van der Waals surface area contributed by atoms with E-state index in [2.05, 4.69) is 45.4 Å². The lowest BCUT2D eigenvalue weighted by Crippen LogP contribution is -2.58. The summed E-state index contributed by atoms with van der Waals surface area (Å²) in [6, 6.07) is 11.4. The largest absolute Gasteiger partial charge is 0.350 e. The van der Waals surface area contributed by atoms with Crippen molar-refractivity contribution in [2.24, 2.45) is 0 Å². The van der Waals surface area contributed by atoms with Crippen molar-refractivity contribution in [3.63, 3.8) is 0 Å². The summed E-state index contributed by atoms with van der Waals surface area (Å²) in [6.45, 7) is 2.91. The fourth-order valence-electron chi connectivity index (χ4n) is 3.21. The monoisotopic (exact) mass is 289 g/mol. The van der Waals surface area contributed by atoms with Gasteiger partial charge in [0.1, 0.15) is 0 Å². The van der Waals surface area contributed by atoms with E-state index in [-0.39, 0.29) is 0 Å². The summed E-state index contributed by atoms with van der Waals surface area (Å²) in [6.07, 6.45) is 6.52. The van der Waals surface area contributed by atoms with E-state index in [0.29, 0.717) is 0 Å². The first-order valence-electron chi connectivity index (χ1n) is 7.64. The van der Waals surface area contributed by atoms with E-state index in [1.54, 1.807) is 0 Å². The zero-order valence-corrected chi connectivity index (χ0v) is 12.7. The van der Waals surface area contributed by atoms with Crippen LogP contribution in [0.3, 0.4) is 0 Å². The Labute approximate surface area is 126 Å². The molecule has 1 saturated heterocycles. The van der Waals surface area contributed by atoms with Crippen molar-refractivity contribution in [2.75, 3.05) is 19.9 Å². The number of hydrogen-bond donors (Lipinski definition) is 1. The molecule has 0 aromatic heterocycles. The van der Waals surface area contributed by atoms with Crippen LogP contribution in [0.4, 0.5) is 0 Å². The Balaban J connectivity index is 1.55. The van der Waals surface area contributed by atoms with Gasteiger partial charge in [-0.1, -0.05) is 43.2 Å². The maximum Gasteiger partial charge on any atom is 0.171 e. The second kappa shape index (κ2) is 6.55. The van der Waals surface area contributed by atoms with Crippen molar-refractivity contribution in [1.29, 1.82) is 0 Å². The summed E-state index contributed by atoms with van der Waals surface area (Å²) < 4.78 is 0. The predicted molar refractivity (Wildman–Crippen MR) is 86.4 cm³/mol. The lowest BCUT2D eigenvalue weighted by molar-refractivity contribution is 0.108. The van der Waals surface area contributed by atoms with Gasteiger partial charge in [0.05, 0.1) is 13.3 Å². The number of nitrogens with zero attached hydrogens (tertiary/aromatic N) is 2. The average molecular weight is 289 g/mol. The van der Waals surface area contributed by atoms with E-state index in [9.17, 15) is 0 Å². The first kappa shape index (κ1) is 13.8. The van der Waals surface area contributed by atoms with Gasteiger partial charge in [0.2, 0.25) is 0 Å². The molecular weight excluding hydrogens is 266 g/mol. The second-order valence-electron chi connectivity index (χ2n) is 5.81. The zero-order chi connectivity index (χ0) is 13.8. The van der Waals surface area contributed by atoms with E-state index in [1.807, 2.05) is 0 Å². The quantitative estimate of drug-likeness (QED) is 0.858. The number of thiocarbonyl (C=S) groups is 1. The van der Waals surface area contributed by atoms with Gasteiger partial charge in [0.15, 0.2) is 5.11 Å². The molecule has 0 atom stereocenters. The molecule has 0 unspecified atom stereocenters. The highest BCUT2D eigenvalue weighted by Gasteiger charge is 2.28. The van der Waals surface area contributed by atoms with Crippen molar-refractivity contribution in [3.8, 4) is 0 Å². The molecule has 0 amide bonds. The molecule has 1 aromatic carbocycles. The molecule has 0 radical (unpaired) electrons. The molecule has 1 aliphatic carbocycles. The molecular formula is C16H23N3S. The molecule has 0 spiro atoms. The molecule has 2 aliphatic rings. The highest BCUT2D eigenvalue weighted by Crippen LogP contribution is 2.24. The third kappa shape index (κ3) is 3.30. The summed E-state index contributed by atoms with van der Waals surface area (Å²) in [5.41, 5.74) is 1.38. The van der Waals surface area contributed by atoms with Gasteiger partial charge in [-0.25, -0.2) is 0 Å². The summed E-state index contributed by atoms with van der Waals surface area (Å²) in [5.74, 6) is 0. The van der Waals surface area contributed by atoms with Crippen LogP contribution >= 0.6 is 12.2 Å². The minimum Gasteiger partial charge on any atom is -0.350 e. The minimum atomic E-state index is 0.754. The van der Waals surface area contributed by atoms with E-state index < -0.39 is 0 Å². The van der Waals surface area contributed by atoms with E-state index in [4.69, 9.17) is 12.2 Å². The molecule has 0 bridgehead atoms. The third-order valence-electron chi connectivity index (χ3n) is 4.43. The molecule has 1 N–H and O–H groups in total. The molecule has 108 valence electrons. The summed E-state index contributed by atoms with van der Waals surface area (Å²) in [5, 5.41) is 4.29. The smallest absolute Gasteiger partial charge is 0.171 e. The molecule has 3 rings (SSSR count). The number of hydrogen-bond acceptors (Lipinski definition) is 2. The van der Waals surface area contributed by atoms with Gasteiger partial charge in [0.25, 0.3) is 0 Å². The van der Waals surface area contributed by atoms with Crippen LogP contribution < -0.4 is 5.32 Å². The maximum atomic E-state index is 5.46. The van der Waals surface area contributed by atoms with Crippen molar-refractivity contribution in [2.45, 2.75) is 38.1 Å². The lowest BCUT2D eigenvalue weighted by Gasteiger charge is -2.41. The Kier molecular flexibility index (Phi) is 4.53. The number of rotatable bonds is 4. The summed E-state index contributed by atoms with van der Waals surface area (Å²) in [7, 11) is 0. The van der Waals surface area contributed by atoms with Crippen molar-refractivity contribution >= 4 is 17.3 Å². The Morgan fingerprint density at radius 1 is 1.15 bits per heavy atom. The molecule has 1 aromatic rings. The van der Waals surface area contributed by atoms with Crippen LogP contribution in [0.5, 0.6) is 0 Å². The highest BCUT2D eigenvalue weighted by molar-refractivity contribution is 7.80. The Morgan fingerprint density at radius 3 is 2.65 bits per heavy atom. The van der Waals surface area contributed by atoms with Crippen molar-refractivity contribution < 1.29 is 0 Å². The topological polar surface area (TPSA) is 18.5 Å².